The molecule has 3 aromatic rings. The third kappa shape index (κ3) is 7.07. The number of benzene rings is 3. The number of amides is 1. The standard InChI is InChI=1S/C23H20BrN3O5S/c1-16-7-9-17(10-8-16)23(29)32-21-12-11-19(24)13-18(21)14-25-27-22(28)15-26-33(30,31)20-5-3-2-4-6-20/h2-14,26H,15H2,1H3,(H,27,28). The molecule has 33 heavy (non-hydrogen) atoms. The summed E-state index contributed by atoms with van der Waals surface area (Å²) in [5.41, 5.74) is 4.08. The Morgan fingerprint density at radius 1 is 1.03 bits per heavy atom. The van der Waals surface area contributed by atoms with E-state index < -0.39 is 28.4 Å². The monoisotopic (exact) mass is 529 g/mol. The van der Waals surface area contributed by atoms with Crippen molar-refractivity contribution in [2.75, 3.05) is 6.54 Å². The van der Waals surface area contributed by atoms with Crippen molar-refractivity contribution in [3.05, 3.63) is 94.0 Å². The SMILES string of the molecule is Cc1ccc(C(=O)Oc2ccc(Br)cc2C=NNC(=O)CNS(=O)(=O)c2ccccc2)cc1. The fraction of sp³-hybridized carbons (Fsp3) is 0.0870. The van der Waals surface area contributed by atoms with Crippen LogP contribution in [0.5, 0.6) is 5.75 Å². The maximum absolute atomic E-state index is 12.4. The van der Waals surface area contributed by atoms with Gasteiger partial charge in [-0.15, -0.1) is 0 Å². The molecule has 0 fully saturated rings. The molecule has 8 nitrogen and oxygen atoms in total. The van der Waals surface area contributed by atoms with Gasteiger partial charge in [0.1, 0.15) is 5.75 Å². The summed E-state index contributed by atoms with van der Waals surface area (Å²) in [4.78, 5) is 24.5. The van der Waals surface area contributed by atoms with Crippen LogP contribution in [-0.2, 0) is 14.8 Å². The third-order valence-electron chi connectivity index (χ3n) is 4.33. The molecule has 1 amide bonds. The summed E-state index contributed by atoms with van der Waals surface area (Å²) in [7, 11) is -3.81. The number of aryl methyl sites for hydroxylation is 1. The van der Waals surface area contributed by atoms with Gasteiger partial charge in [-0.25, -0.2) is 23.4 Å². The summed E-state index contributed by atoms with van der Waals surface area (Å²) < 4.78 is 32.7. The van der Waals surface area contributed by atoms with Crippen LogP contribution in [0.15, 0.2) is 87.3 Å². The average Bonchev–Trinajstić information content (AvgIpc) is 2.80. The second-order valence-electron chi connectivity index (χ2n) is 6.87. The highest BCUT2D eigenvalue weighted by molar-refractivity contribution is 9.10. The van der Waals surface area contributed by atoms with Gasteiger partial charge in [-0.05, 0) is 49.4 Å². The lowest BCUT2D eigenvalue weighted by Gasteiger charge is -2.08. The molecule has 0 aliphatic rings. The first kappa shape index (κ1) is 24.3. The number of ether oxygens (including phenoxy) is 1. The normalized spacial score (nSPS) is 11.3. The van der Waals surface area contributed by atoms with Crippen molar-refractivity contribution in [2.24, 2.45) is 5.10 Å². The van der Waals surface area contributed by atoms with Crippen molar-refractivity contribution < 1.29 is 22.7 Å². The first-order valence-corrected chi connectivity index (χ1v) is 12.0. The molecule has 0 aliphatic carbocycles. The molecule has 0 heterocycles. The predicted octanol–water partition coefficient (Wildman–Crippen LogP) is 3.41. The number of carbonyl (C=O) groups is 2. The highest BCUT2D eigenvalue weighted by Gasteiger charge is 2.15. The molecule has 0 atom stereocenters. The van der Waals surface area contributed by atoms with Crippen LogP contribution in [0.3, 0.4) is 0 Å². The molecule has 3 rings (SSSR count). The van der Waals surface area contributed by atoms with Crippen LogP contribution in [-0.4, -0.2) is 33.1 Å². The van der Waals surface area contributed by atoms with E-state index in [-0.39, 0.29) is 10.6 Å². The summed E-state index contributed by atoms with van der Waals surface area (Å²) in [6, 6.07) is 19.6. The largest absolute Gasteiger partial charge is 0.422 e. The van der Waals surface area contributed by atoms with E-state index >= 15 is 0 Å². The number of rotatable bonds is 8. The maximum Gasteiger partial charge on any atom is 0.343 e. The first-order chi connectivity index (χ1) is 15.7. The van der Waals surface area contributed by atoms with Crippen LogP contribution < -0.4 is 14.9 Å². The van der Waals surface area contributed by atoms with Gasteiger partial charge in [0.15, 0.2) is 0 Å². The Kier molecular flexibility index (Phi) is 8.10. The lowest BCUT2D eigenvalue weighted by molar-refractivity contribution is -0.119. The van der Waals surface area contributed by atoms with E-state index in [4.69, 9.17) is 4.74 Å². The number of esters is 1. The van der Waals surface area contributed by atoms with E-state index in [1.54, 1.807) is 48.5 Å². The molecule has 0 bridgehead atoms. The smallest absolute Gasteiger partial charge is 0.343 e. The van der Waals surface area contributed by atoms with Crippen LogP contribution >= 0.6 is 15.9 Å². The van der Waals surface area contributed by atoms with Crippen LogP contribution in [0, 0.1) is 6.92 Å². The highest BCUT2D eigenvalue weighted by atomic mass is 79.9. The van der Waals surface area contributed by atoms with Crippen LogP contribution in [0.1, 0.15) is 21.5 Å². The Balaban J connectivity index is 1.62. The van der Waals surface area contributed by atoms with Gasteiger partial charge in [-0.3, -0.25) is 4.79 Å². The van der Waals surface area contributed by atoms with E-state index in [1.165, 1.54) is 18.3 Å². The van der Waals surface area contributed by atoms with Crippen LogP contribution in [0.4, 0.5) is 0 Å². The van der Waals surface area contributed by atoms with Crippen molar-refractivity contribution in [3.63, 3.8) is 0 Å². The van der Waals surface area contributed by atoms with E-state index in [9.17, 15) is 18.0 Å². The topological polar surface area (TPSA) is 114 Å². The first-order valence-electron chi connectivity index (χ1n) is 9.69. The van der Waals surface area contributed by atoms with E-state index in [0.717, 1.165) is 5.56 Å². The van der Waals surface area contributed by atoms with Crippen molar-refractivity contribution in [1.29, 1.82) is 0 Å². The van der Waals surface area contributed by atoms with Crippen molar-refractivity contribution >= 4 is 44.0 Å². The van der Waals surface area contributed by atoms with Crippen LogP contribution in [0.25, 0.3) is 0 Å². The van der Waals surface area contributed by atoms with Crippen molar-refractivity contribution in [2.45, 2.75) is 11.8 Å². The molecule has 170 valence electrons. The van der Waals surface area contributed by atoms with Gasteiger partial charge in [-0.1, -0.05) is 51.8 Å². The Morgan fingerprint density at radius 3 is 2.42 bits per heavy atom. The molecule has 0 aliphatic heterocycles. The zero-order valence-electron chi connectivity index (χ0n) is 17.5. The zero-order chi connectivity index (χ0) is 23.8. The highest BCUT2D eigenvalue weighted by Crippen LogP contribution is 2.23. The molecule has 0 unspecified atom stereocenters. The minimum atomic E-state index is -3.81. The molecular weight excluding hydrogens is 510 g/mol. The van der Waals surface area contributed by atoms with Gasteiger partial charge in [0.25, 0.3) is 5.91 Å². The molecule has 2 N–H and O–H groups in total. The van der Waals surface area contributed by atoms with Gasteiger partial charge in [-0.2, -0.15) is 5.10 Å². The predicted molar refractivity (Wildman–Crippen MR) is 128 cm³/mol. The Morgan fingerprint density at radius 2 is 1.73 bits per heavy atom. The summed E-state index contributed by atoms with van der Waals surface area (Å²) in [6.07, 6.45) is 1.30. The number of hydrogen-bond donors (Lipinski definition) is 2. The Hall–Kier alpha value is -3.34. The number of hydrazone groups is 1. The lowest BCUT2D eigenvalue weighted by atomic mass is 10.1. The minimum absolute atomic E-state index is 0.0514. The molecular formula is C23H20BrN3O5S. The molecule has 10 heteroatoms. The van der Waals surface area contributed by atoms with Crippen molar-refractivity contribution in [3.8, 4) is 5.75 Å². The summed E-state index contributed by atoms with van der Waals surface area (Å²) >= 11 is 3.34. The van der Waals surface area contributed by atoms with Gasteiger partial charge in [0, 0.05) is 10.0 Å². The lowest BCUT2D eigenvalue weighted by Crippen LogP contribution is -2.34. The summed E-state index contributed by atoms with van der Waals surface area (Å²) in [5, 5.41) is 3.84. The number of carbonyl (C=O) groups excluding carboxylic acids is 2. The molecule has 0 aromatic heterocycles. The summed E-state index contributed by atoms with van der Waals surface area (Å²) in [6.45, 7) is 1.42. The Bertz CT molecular complexity index is 1280. The van der Waals surface area contributed by atoms with E-state index in [1.807, 2.05) is 19.1 Å². The molecule has 3 aromatic carbocycles. The molecule has 0 saturated heterocycles. The van der Waals surface area contributed by atoms with Crippen LogP contribution in [0.2, 0.25) is 0 Å². The summed E-state index contributed by atoms with van der Waals surface area (Å²) in [5.74, 6) is -0.961. The van der Waals surface area contributed by atoms with E-state index in [0.29, 0.717) is 15.6 Å². The van der Waals surface area contributed by atoms with E-state index in [2.05, 4.69) is 31.2 Å². The van der Waals surface area contributed by atoms with Gasteiger partial charge >= 0.3 is 5.97 Å². The fourth-order valence-electron chi connectivity index (χ4n) is 2.62. The second kappa shape index (κ2) is 11.0. The van der Waals surface area contributed by atoms with Gasteiger partial charge in [0.05, 0.1) is 23.2 Å². The molecule has 0 saturated carbocycles. The molecule has 0 radical (unpaired) electrons. The fourth-order valence-corrected chi connectivity index (χ4v) is 4.00. The number of sulfonamides is 1. The number of hydrogen-bond acceptors (Lipinski definition) is 6. The maximum atomic E-state index is 12.4. The zero-order valence-corrected chi connectivity index (χ0v) is 19.9. The Labute approximate surface area is 199 Å². The van der Waals surface area contributed by atoms with Crippen molar-refractivity contribution in [1.82, 2.24) is 10.1 Å². The van der Waals surface area contributed by atoms with Gasteiger partial charge in [0.2, 0.25) is 10.0 Å². The molecule has 0 spiro atoms. The second-order valence-corrected chi connectivity index (χ2v) is 9.55. The number of halogens is 1. The quantitative estimate of drug-likeness (QED) is 0.201. The number of nitrogens with one attached hydrogen (secondary N) is 2. The number of nitrogens with zero attached hydrogens (tertiary/aromatic N) is 1. The minimum Gasteiger partial charge on any atom is -0.422 e. The average molecular weight is 530 g/mol. The third-order valence-corrected chi connectivity index (χ3v) is 6.24. The van der Waals surface area contributed by atoms with Gasteiger partial charge < -0.3 is 4.74 Å².